The number of aromatic nitrogens is 4. The van der Waals surface area contributed by atoms with Gasteiger partial charge in [0.25, 0.3) is 11.9 Å². The molecule has 6 rings (SSSR count). The molecule has 42 heavy (non-hydrogen) atoms. The van der Waals surface area contributed by atoms with Crippen LogP contribution in [-0.2, 0) is 12.0 Å². The van der Waals surface area contributed by atoms with Gasteiger partial charge in [-0.3, -0.25) is 15.0 Å². The van der Waals surface area contributed by atoms with Crippen LogP contribution in [0.25, 0.3) is 0 Å². The van der Waals surface area contributed by atoms with Crippen LogP contribution in [0.2, 0.25) is 0 Å². The number of alkyl halides is 3. The van der Waals surface area contributed by atoms with E-state index in [0.29, 0.717) is 11.3 Å². The predicted octanol–water partition coefficient (Wildman–Crippen LogP) is 5.93. The summed E-state index contributed by atoms with van der Waals surface area (Å²) in [5, 5.41) is 18.4. The number of hydrogen-bond donors (Lipinski definition) is 3. The summed E-state index contributed by atoms with van der Waals surface area (Å²) in [7, 11) is 0. The van der Waals surface area contributed by atoms with Gasteiger partial charge in [-0.15, -0.1) is 18.3 Å². The maximum absolute atomic E-state index is 13.7. The SMILES string of the molecule is O=C(Nc1nn[nH]n1)c1ccc(CN(C(=O)Nc2ccc(OC(F)(F)F)cc2)c2cccc3c2C32CC=CCC2)cc1. The maximum Gasteiger partial charge on any atom is 0.573 e. The van der Waals surface area contributed by atoms with E-state index in [1.165, 1.54) is 17.7 Å². The number of allylic oxidation sites excluding steroid dienone is 2. The first kappa shape index (κ1) is 27.0. The first-order valence-corrected chi connectivity index (χ1v) is 13.1. The number of aromatic amines is 1. The minimum atomic E-state index is -4.81. The second kappa shape index (κ2) is 10.7. The Hall–Kier alpha value is -5.20. The highest BCUT2D eigenvalue weighted by Gasteiger charge is 2.52. The summed E-state index contributed by atoms with van der Waals surface area (Å²) in [6, 6.07) is 17.2. The molecule has 1 unspecified atom stereocenters. The highest BCUT2D eigenvalue weighted by Crippen LogP contribution is 2.61. The molecule has 2 aliphatic rings. The average molecular weight is 576 g/mol. The summed E-state index contributed by atoms with van der Waals surface area (Å²) in [6.07, 6.45) is 2.28. The number of nitrogens with one attached hydrogen (secondary N) is 3. The van der Waals surface area contributed by atoms with Crippen LogP contribution in [0.1, 0.15) is 46.3 Å². The zero-order valence-corrected chi connectivity index (χ0v) is 22.0. The number of tetrazole rings is 1. The Morgan fingerprint density at radius 3 is 2.45 bits per heavy atom. The molecule has 0 fully saturated rings. The first-order valence-electron chi connectivity index (χ1n) is 13.1. The van der Waals surface area contributed by atoms with Crippen molar-refractivity contribution in [3.05, 3.63) is 101 Å². The Kier molecular flexibility index (Phi) is 6.85. The van der Waals surface area contributed by atoms with Crippen molar-refractivity contribution in [3.8, 4) is 5.75 Å². The molecule has 10 nitrogen and oxygen atoms in total. The summed E-state index contributed by atoms with van der Waals surface area (Å²) in [5.41, 5.74) is 4.42. The Balaban J connectivity index is 1.25. The van der Waals surface area contributed by atoms with Gasteiger partial charge in [0.2, 0.25) is 0 Å². The summed E-state index contributed by atoms with van der Waals surface area (Å²) >= 11 is 0. The lowest BCUT2D eigenvalue weighted by molar-refractivity contribution is -0.274. The van der Waals surface area contributed by atoms with Gasteiger partial charge in [0, 0.05) is 16.7 Å². The average Bonchev–Trinajstić information content (AvgIpc) is 3.29. The van der Waals surface area contributed by atoms with Crippen molar-refractivity contribution in [2.24, 2.45) is 0 Å². The van der Waals surface area contributed by atoms with Gasteiger partial charge in [-0.1, -0.05) is 41.5 Å². The fourth-order valence-electron chi connectivity index (χ4n) is 5.39. The zero-order valence-electron chi connectivity index (χ0n) is 22.0. The third-order valence-corrected chi connectivity index (χ3v) is 7.35. The van der Waals surface area contributed by atoms with Gasteiger partial charge in [-0.25, -0.2) is 4.79 Å². The predicted molar refractivity (Wildman–Crippen MR) is 147 cm³/mol. The number of nitrogens with zero attached hydrogens (tertiary/aromatic N) is 4. The quantitative estimate of drug-likeness (QED) is 0.235. The smallest absolute Gasteiger partial charge is 0.406 e. The van der Waals surface area contributed by atoms with Crippen molar-refractivity contribution in [3.63, 3.8) is 0 Å². The number of benzene rings is 3. The molecule has 2 aliphatic carbocycles. The number of hydrogen-bond acceptors (Lipinski definition) is 6. The fourth-order valence-corrected chi connectivity index (χ4v) is 5.39. The number of urea groups is 1. The Morgan fingerprint density at radius 1 is 1.00 bits per heavy atom. The van der Waals surface area contributed by atoms with Crippen LogP contribution in [0.5, 0.6) is 5.75 Å². The lowest BCUT2D eigenvalue weighted by Crippen LogP contribution is -2.35. The van der Waals surface area contributed by atoms with Crippen LogP contribution in [0, 0.1) is 0 Å². The Bertz CT molecular complexity index is 1640. The first-order chi connectivity index (χ1) is 20.2. The molecule has 3 amide bonds. The highest BCUT2D eigenvalue weighted by molar-refractivity contribution is 6.04. The molecule has 4 aromatic rings. The number of halogens is 3. The number of fused-ring (bicyclic) bond motifs is 3. The van der Waals surface area contributed by atoms with E-state index >= 15 is 0 Å². The minimum absolute atomic E-state index is 0.0437. The lowest BCUT2D eigenvalue weighted by Gasteiger charge is -2.25. The van der Waals surface area contributed by atoms with Crippen LogP contribution < -0.4 is 20.3 Å². The lowest BCUT2D eigenvalue weighted by atomic mass is 9.87. The molecule has 1 spiro atoms. The van der Waals surface area contributed by atoms with Crippen molar-refractivity contribution in [2.45, 2.75) is 37.6 Å². The number of amides is 3. The van der Waals surface area contributed by atoms with Crippen molar-refractivity contribution >= 4 is 29.3 Å². The van der Waals surface area contributed by atoms with Gasteiger partial charge in [0.05, 0.1) is 12.2 Å². The molecule has 3 N–H and O–H groups in total. The normalized spacial score (nSPS) is 16.9. The van der Waals surface area contributed by atoms with Crippen molar-refractivity contribution in [2.75, 3.05) is 15.5 Å². The van der Waals surface area contributed by atoms with E-state index in [1.54, 1.807) is 29.2 Å². The molecular weight excluding hydrogens is 551 g/mol. The molecule has 0 bridgehead atoms. The van der Waals surface area contributed by atoms with Crippen LogP contribution in [0.3, 0.4) is 0 Å². The molecule has 13 heteroatoms. The fraction of sp³-hybridized carbons (Fsp3) is 0.207. The Morgan fingerprint density at radius 2 is 1.79 bits per heavy atom. The van der Waals surface area contributed by atoms with Crippen LogP contribution in [0.4, 0.5) is 35.3 Å². The van der Waals surface area contributed by atoms with Crippen LogP contribution in [-0.4, -0.2) is 38.9 Å². The molecule has 3 aromatic carbocycles. The van der Waals surface area contributed by atoms with E-state index in [2.05, 4.69) is 54.2 Å². The second-order valence-corrected chi connectivity index (χ2v) is 9.97. The van der Waals surface area contributed by atoms with Crippen molar-refractivity contribution in [1.82, 2.24) is 20.6 Å². The van der Waals surface area contributed by atoms with E-state index in [4.69, 9.17) is 0 Å². The number of carbonyl (C=O) groups excluding carboxylic acids is 2. The highest BCUT2D eigenvalue weighted by atomic mass is 19.4. The summed E-state index contributed by atoms with van der Waals surface area (Å²) in [5.74, 6) is -0.765. The van der Waals surface area contributed by atoms with Crippen molar-refractivity contribution in [1.29, 1.82) is 0 Å². The standard InChI is InChI=1S/C29H24F3N7O3/c30-29(31,32)42-21-13-11-20(12-14-21)33-27(41)39(23-6-4-5-22-24(23)28(22)15-2-1-3-16-28)17-18-7-9-19(10-8-18)25(40)34-26-35-37-38-36-26/h1-2,4-14H,3,15-17H2,(H,33,41)(H2,34,35,36,37,38,40). The molecular formula is C29H24F3N7O3. The third kappa shape index (κ3) is 5.53. The van der Waals surface area contributed by atoms with E-state index in [1.807, 2.05) is 12.1 Å². The van der Waals surface area contributed by atoms with E-state index in [-0.39, 0.29) is 23.7 Å². The van der Waals surface area contributed by atoms with Gasteiger partial charge in [0.1, 0.15) is 5.75 Å². The largest absolute Gasteiger partial charge is 0.573 e. The topological polar surface area (TPSA) is 125 Å². The van der Waals surface area contributed by atoms with Gasteiger partial charge in [0.15, 0.2) is 0 Å². The third-order valence-electron chi connectivity index (χ3n) is 7.35. The Labute approximate surface area is 237 Å². The summed E-state index contributed by atoms with van der Waals surface area (Å²) < 4.78 is 41.6. The number of anilines is 3. The molecule has 0 saturated carbocycles. The van der Waals surface area contributed by atoms with Crippen LogP contribution >= 0.6 is 0 Å². The van der Waals surface area contributed by atoms with Gasteiger partial charge in [-0.05, 0) is 83.6 Å². The second-order valence-electron chi connectivity index (χ2n) is 9.97. The van der Waals surface area contributed by atoms with E-state index in [9.17, 15) is 22.8 Å². The molecule has 0 saturated heterocycles. The van der Waals surface area contributed by atoms with Crippen molar-refractivity contribution < 1.29 is 27.5 Å². The van der Waals surface area contributed by atoms with Crippen LogP contribution in [0.15, 0.2) is 78.9 Å². The minimum Gasteiger partial charge on any atom is -0.406 e. The number of carbonyl (C=O) groups is 2. The summed E-state index contributed by atoms with van der Waals surface area (Å²) in [6.45, 7) is 0.177. The number of ether oxygens (including phenoxy) is 1. The number of H-pyrrole nitrogens is 1. The zero-order chi connectivity index (χ0) is 29.3. The monoisotopic (exact) mass is 575 g/mol. The van der Waals surface area contributed by atoms with Gasteiger partial charge < -0.3 is 10.1 Å². The maximum atomic E-state index is 13.7. The molecule has 1 heterocycles. The van der Waals surface area contributed by atoms with Gasteiger partial charge in [-0.2, -0.15) is 5.21 Å². The summed E-state index contributed by atoms with van der Waals surface area (Å²) in [4.78, 5) is 27.9. The van der Waals surface area contributed by atoms with E-state index < -0.39 is 18.3 Å². The molecule has 1 aromatic heterocycles. The van der Waals surface area contributed by atoms with E-state index in [0.717, 1.165) is 48.2 Å². The molecule has 214 valence electrons. The molecule has 0 radical (unpaired) electrons. The van der Waals surface area contributed by atoms with Gasteiger partial charge >= 0.3 is 12.4 Å². The number of rotatable bonds is 7. The molecule has 0 aliphatic heterocycles. The molecule has 1 atom stereocenters.